The summed E-state index contributed by atoms with van der Waals surface area (Å²) in [6, 6.07) is 13.1. The molecule has 0 radical (unpaired) electrons. The van der Waals surface area contributed by atoms with E-state index in [0.717, 1.165) is 16.5 Å². The van der Waals surface area contributed by atoms with E-state index in [4.69, 9.17) is 9.47 Å². The van der Waals surface area contributed by atoms with Crippen LogP contribution in [0.5, 0.6) is 11.5 Å². The van der Waals surface area contributed by atoms with Crippen molar-refractivity contribution in [1.82, 2.24) is 5.32 Å². The van der Waals surface area contributed by atoms with Crippen LogP contribution in [0.25, 0.3) is 0 Å². The van der Waals surface area contributed by atoms with Crippen molar-refractivity contribution in [2.75, 3.05) is 18.5 Å². The fourth-order valence-corrected chi connectivity index (χ4v) is 3.49. The number of halogens is 1. The molecule has 1 amide bonds. The van der Waals surface area contributed by atoms with Crippen LogP contribution in [0.3, 0.4) is 0 Å². The molecule has 5 nitrogen and oxygen atoms in total. The third kappa shape index (κ3) is 4.56. The molecule has 2 atom stereocenters. The van der Waals surface area contributed by atoms with Crippen LogP contribution < -0.4 is 20.1 Å². The Morgan fingerprint density at radius 2 is 1.81 bits per heavy atom. The molecule has 0 fully saturated rings. The monoisotopic (exact) mass is 418 g/mol. The van der Waals surface area contributed by atoms with Gasteiger partial charge in [0.05, 0.1) is 19.3 Å². The molecule has 0 aromatic heterocycles. The topological polar surface area (TPSA) is 59.6 Å². The van der Waals surface area contributed by atoms with Gasteiger partial charge in [-0.1, -0.05) is 34.1 Å². The number of hydrogen-bond donors (Lipinski definition) is 2. The highest BCUT2D eigenvalue weighted by Gasteiger charge is 2.18. The van der Waals surface area contributed by atoms with Gasteiger partial charge in [0.15, 0.2) is 11.5 Å². The van der Waals surface area contributed by atoms with Gasteiger partial charge < -0.3 is 14.8 Å². The largest absolute Gasteiger partial charge is 0.490 e. The lowest BCUT2D eigenvalue weighted by Crippen LogP contribution is -2.39. The van der Waals surface area contributed by atoms with Crippen LogP contribution in [-0.4, -0.2) is 25.2 Å². The van der Waals surface area contributed by atoms with E-state index < -0.39 is 0 Å². The third-order valence-electron chi connectivity index (χ3n) is 4.28. The molecule has 1 heterocycles. The molecule has 2 N–H and O–H groups in total. The first-order chi connectivity index (χ1) is 12.5. The zero-order valence-corrected chi connectivity index (χ0v) is 16.5. The van der Waals surface area contributed by atoms with E-state index in [1.54, 1.807) is 0 Å². The van der Waals surface area contributed by atoms with Gasteiger partial charge in [-0.2, -0.15) is 0 Å². The smallest absolute Gasteiger partial charge is 0.241 e. The lowest BCUT2D eigenvalue weighted by Gasteiger charge is -2.21. The summed E-state index contributed by atoms with van der Waals surface area (Å²) >= 11 is 3.55. The first-order valence-corrected chi connectivity index (χ1v) is 9.55. The molecule has 0 saturated carbocycles. The zero-order chi connectivity index (χ0) is 18.5. The molecule has 1 aliphatic heterocycles. The first-order valence-electron chi connectivity index (χ1n) is 8.75. The maximum atomic E-state index is 12.5. The Morgan fingerprint density at radius 1 is 1.08 bits per heavy atom. The fraction of sp³-hybridized carbons (Fsp3) is 0.350. The van der Waals surface area contributed by atoms with Gasteiger partial charge in [0.1, 0.15) is 0 Å². The van der Waals surface area contributed by atoms with E-state index in [0.29, 0.717) is 30.4 Å². The normalized spacial score (nSPS) is 15.7. The summed E-state index contributed by atoms with van der Waals surface area (Å²) in [6.07, 6.45) is 0.851. The summed E-state index contributed by atoms with van der Waals surface area (Å²) in [4.78, 5) is 12.5. The standard InChI is InChI=1S/C20H23BrN2O3/c1-13(16-6-3-4-7-17(16)21)22-14(2)20(24)23-15-8-9-18-19(12-15)26-11-5-10-25-18/h3-4,6-9,12-14,22H,5,10-11H2,1-2H3,(H,23,24). The lowest BCUT2D eigenvalue weighted by molar-refractivity contribution is -0.117. The quantitative estimate of drug-likeness (QED) is 0.760. The molecule has 26 heavy (non-hydrogen) atoms. The highest BCUT2D eigenvalue weighted by atomic mass is 79.9. The Bertz CT molecular complexity index is 781. The third-order valence-corrected chi connectivity index (χ3v) is 5.00. The molecule has 0 spiro atoms. The minimum Gasteiger partial charge on any atom is -0.490 e. The molecule has 3 rings (SSSR count). The van der Waals surface area contributed by atoms with Crippen LogP contribution in [0.4, 0.5) is 5.69 Å². The highest BCUT2D eigenvalue weighted by Crippen LogP contribution is 2.32. The summed E-state index contributed by atoms with van der Waals surface area (Å²) in [7, 11) is 0. The maximum absolute atomic E-state index is 12.5. The minimum atomic E-state index is -0.354. The van der Waals surface area contributed by atoms with E-state index in [-0.39, 0.29) is 18.0 Å². The summed E-state index contributed by atoms with van der Waals surface area (Å²) in [5.74, 6) is 1.29. The molecule has 2 unspecified atom stereocenters. The number of amides is 1. The summed E-state index contributed by atoms with van der Waals surface area (Å²) < 4.78 is 12.3. The van der Waals surface area contributed by atoms with Crippen LogP contribution in [0.15, 0.2) is 46.9 Å². The first kappa shape index (κ1) is 18.7. The Kier molecular flexibility index (Phi) is 6.16. The van der Waals surface area contributed by atoms with Crippen molar-refractivity contribution < 1.29 is 14.3 Å². The second kappa shape index (κ2) is 8.56. The fourth-order valence-electron chi connectivity index (χ4n) is 2.86. The van der Waals surface area contributed by atoms with Crippen molar-refractivity contribution in [2.24, 2.45) is 0 Å². The Morgan fingerprint density at radius 3 is 2.58 bits per heavy atom. The average Bonchev–Trinajstić information content (AvgIpc) is 2.86. The average molecular weight is 419 g/mol. The summed E-state index contributed by atoms with van der Waals surface area (Å²) in [5, 5.41) is 6.27. The number of nitrogens with one attached hydrogen (secondary N) is 2. The Labute approximate surface area is 162 Å². The molecule has 2 aromatic rings. The Hall–Kier alpha value is -2.05. The van der Waals surface area contributed by atoms with E-state index in [1.807, 2.05) is 56.3 Å². The molecule has 0 bridgehead atoms. The van der Waals surface area contributed by atoms with E-state index >= 15 is 0 Å². The number of carbonyl (C=O) groups excluding carboxylic acids is 1. The van der Waals surface area contributed by atoms with Crippen molar-refractivity contribution in [1.29, 1.82) is 0 Å². The number of carbonyl (C=O) groups is 1. The van der Waals surface area contributed by atoms with Gasteiger partial charge in [-0.15, -0.1) is 0 Å². The van der Waals surface area contributed by atoms with E-state index in [2.05, 4.69) is 26.6 Å². The van der Waals surface area contributed by atoms with Crippen molar-refractivity contribution in [3.8, 4) is 11.5 Å². The zero-order valence-electron chi connectivity index (χ0n) is 14.9. The second-order valence-corrected chi connectivity index (χ2v) is 7.19. The highest BCUT2D eigenvalue weighted by molar-refractivity contribution is 9.10. The van der Waals surface area contributed by atoms with Gasteiger partial charge in [-0.3, -0.25) is 10.1 Å². The predicted molar refractivity (Wildman–Crippen MR) is 106 cm³/mol. The molecule has 2 aromatic carbocycles. The molecular weight excluding hydrogens is 396 g/mol. The van der Waals surface area contributed by atoms with Crippen LogP contribution in [0, 0.1) is 0 Å². The summed E-state index contributed by atoms with van der Waals surface area (Å²) in [6.45, 7) is 5.15. The molecule has 6 heteroatoms. The molecule has 1 aliphatic rings. The van der Waals surface area contributed by atoms with Crippen LogP contribution in [0.1, 0.15) is 31.9 Å². The predicted octanol–water partition coefficient (Wildman–Crippen LogP) is 4.29. The van der Waals surface area contributed by atoms with Crippen molar-refractivity contribution >= 4 is 27.5 Å². The second-order valence-electron chi connectivity index (χ2n) is 6.33. The number of benzene rings is 2. The van der Waals surface area contributed by atoms with Crippen molar-refractivity contribution in [3.05, 3.63) is 52.5 Å². The van der Waals surface area contributed by atoms with Crippen LogP contribution in [-0.2, 0) is 4.79 Å². The Balaban J connectivity index is 1.62. The van der Waals surface area contributed by atoms with Crippen LogP contribution >= 0.6 is 15.9 Å². The van der Waals surface area contributed by atoms with Gasteiger partial charge in [-0.25, -0.2) is 0 Å². The van der Waals surface area contributed by atoms with Gasteiger partial charge >= 0.3 is 0 Å². The van der Waals surface area contributed by atoms with E-state index in [1.165, 1.54) is 0 Å². The lowest BCUT2D eigenvalue weighted by atomic mass is 10.1. The van der Waals surface area contributed by atoms with Gasteiger partial charge in [0.25, 0.3) is 0 Å². The minimum absolute atomic E-state index is 0.0371. The molecule has 0 saturated heterocycles. The number of ether oxygens (including phenoxy) is 2. The van der Waals surface area contributed by atoms with Crippen molar-refractivity contribution in [2.45, 2.75) is 32.4 Å². The number of hydrogen-bond acceptors (Lipinski definition) is 4. The SMILES string of the molecule is CC(NC(C)c1ccccc1Br)C(=O)Nc1ccc2c(c1)OCCCO2. The number of fused-ring (bicyclic) bond motifs is 1. The van der Waals surface area contributed by atoms with Gasteiger partial charge in [-0.05, 0) is 37.6 Å². The van der Waals surface area contributed by atoms with E-state index in [9.17, 15) is 4.79 Å². The summed E-state index contributed by atoms with van der Waals surface area (Å²) in [5.41, 5.74) is 1.81. The molecular formula is C20H23BrN2O3. The van der Waals surface area contributed by atoms with Gasteiger partial charge in [0.2, 0.25) is 5.91 Å². The van der Waals surface area contributed by atoms with Crippen LogP contribution in [0.2, 0.25) is 0 Å². The molecule has 0 aliphatic carbocycles. The number of anilines is 1. The van der Waals surface area contributed by atoms with Crippen molar-refractivity contribution in [3.63, 3.8) is 0 Å². The maximum Gasteiger partial charge on any atom is 0.241 e. The number of rotatable bonds is 5. The van der Waals surface area contributed by atoms with Gasteiger partial charge in [0, 0.05) is 28.7 Å². The molecule has 138 valence electrons.